The van der Waals surface area contributed by atoms with Gasteiger partial charge in [-0.1, -0.05) is 42.5 Å². The second-order valence-electron chi connectivity index (χ2n) is 9.62. The molecule has 7 heteroatoms. The van der Waals surface area contributed by atoms with Crippen LogP contribution in [0.25, 0.3) is 0 Å². The lowest BCUT2D eigenvalue weighted by atomic mass is 10.1. The van der Waals surface area contributed by atoms with Gasteiger partial charge in [-0.25, -0.2) is 4.79 Å². The van der Waals surface area contributed by atoms with E-state index in [9.17, 15) is 9.59 Å². The predicted molar refractivity (Wildman–Crippen MR) is 145 cm³/mol. The number of nitrogens with one attached hydrogen (secondary N) is 1. The molecule has 0 radical (unpaired) electrons. The van der Waals surface area contributed by atoms with Crippen LogP contribution < -0.4 is 10.1 Å². The fraction of sp³-hybridized carbons (Fsp3) is 0.333. The summed E-state index contributed by atoms with van der Waals surface area (Å²) in [6.07, 6.45) is 3.06. The van der Waals surface area contributed by atoms with Crippen molar-refractivity contribution in [2.75, 3.05) is 38.6 Å². The third-order valence-electron chi connectivity index (χ3n) is 6.66. The quantitative estimate of drug-likeness (QED) is 0.379. The van der Waals surface area contributed by atoms with Crippen molar-refractivity contribution in [1.82, 2.24) is 9.80 Å². The molecule has 4 rings (SSSR count). The summed E-state index contributed by atoms with van der Waals surface area (Å²) in [5.41, 5.74) is 3.40. The summed E-state index contributed by atoms with van der Waals surface area (Å²) in [5, 5.41) is 12.1. The fourth-order valence-electron chi connectivity index (χ4n) is 4.73. The molecule has 0 saturated carbocycles. The van der Waals surface area contributed by atoms with Crippen molar-refractivity contribution in [2.24, 2.45) is 0 Å². The average molecular weight is 502 g/mol. The third kappa shape index (κ3) is 8.17. The van der Waals surface area contributed by atoms with Crippen LogP contribution in [-0.2, 0) is 17.8 Å². The van der Waals surface area contributed by atoms with Gasteiger partial charge in [0, 0.05) is 31.2 Å². The average Bonchev–Trinajstić information content (AvgIpc) is 3.32. The molecule has 1 unspecified atom stereocenters. The van der Waals surface area contributed by atoms with Gasteiger partial charge in [-0.3, -0.25) is 14.6 Å². The van der Waals surface area contributed by atoms with Crippen molar-refractivity contribution in [3.05, 3.63) is 95.6 Å². The van der Waals surface area contributed by atoms with Crippen LogP contribution in [0.4, 0.5) is 5.69 Å². The number of ether oxygens (including phenoxy) is 1. The van der Waals surface area contributed by atoms with E-state index < -0.39 is 5.97 Å². The lowest BCUT2D eigenvalue weighted by Gasteiger charge is -2.28. The van der Waals surface area contributed by atoms with E-state index in [0.717, 1.165) is 55.9 Å². The van der Waals surface area contributed by atoms with E-state index in [1.165, 1.54) is 5.56 Å². The minimum absolute atomic E-state index is 0.0472. The summed E-state index contributed by atoms with van der Waals surface area (Å²) in [7, 11) is 1.97. The smallest absolute Gasteiger partial charge is 0.335 e. The number of hydrogen-bond acceptors (Lipinski definition) is 5. The molecule has 3 aromatic rings. The summed E-state index contributed by atoms with van der Waals surface area (Å²) in [5.74, 6) is -0.173. The first-order chi connectivity index (χ1) is 18.0. The van der Waals surface area contributed by atoms with Gasteiger partial charge in [-0.05, 0) is 74.0 Å². The summed E-state index contributed by atoms with van der Waals surface area (Å²) in [4.78, 5) is 28.2. The Bertz CT molecular complexity index is 1150. The number of benzene rings is 3. The number of nitrogens with zero attached hydrogens (tertiary/aromatic N) is 2. The van der Waals surface area contributed by atoms with Gasteiger partial charge in [0.2, 0.25) is 5.91 Å². The molecule has 3 aromatic carbocycles. The monoisotopic (exact) mass is 501 g/mol. The Morgan fingerprint density at radius 2 is 1.73 bits per heavy atom. The maximum atomic E-state index is 12.6. The Labute approximate surface area is 218 Å². The van der Waals surface area contributed by atoms with Crippen LogP contribution in [0.15, 0.2) is 78.9 Å². The van der Waals surface area contributed by atoms with Gasteiger partial charge in [0.15, 0.2) is 0 Å². The Hall–Kier alpha value is -3.68. The molecular weight excluding hydrogens is 466 g/mol. The van der Waals surface area contributed by atoms with Crippen LogP contribution in [0.3, 0.4) is 0 Å². The van der Waals surface area contributed by atoms with E-state index in [1.54, 1.807) is 12.1 Å². The highest BCUT2D eigenvalue weighted by atomic mass is 16.5. The number of hydrogen-bond donors (Lipinski definition) is 2. The lowest BCUT2D eigenvalue weighted by Crippen LogP contribution is -2.41. The first-order valence-electron chi connectivity index (χ1n) is 12.8. The van der Waals surface area contributed by atoms with E-state index in [0.29, 0.717) is 24.8 Å². The molecule has 0 bridgehead atoms. The molecular formula is C30H35N3O4. The first kappa shape index (κ1) is 26.4. The molecule has 1 fully saturated rings. The number of carbonyl (C=O) groups excluding carboxylic acids is 1. The molecule has 2 N–H and O–H groups in total. The van der Waals surface area contributed by atoms with Gasteiger partial charge < -0.3 is 15.2 Å². The zero-order chi connectivity index (χ0) is 26.0. The molecule has 37 heavy (non-hydrogen) atoms. The molecule has 1 aliphatic heterocycles. The first-order valence-corrected chi connectivity index (χ1v) is 12.8. The van der Waals surface area contributed by atoms with Gasteiger partial charge >= 0.3 is 5.97 Å². The van der Waals surface area contributed by atoms with Gasteiger partial charge in [-0.2, -0.15) is 0 Å². The topological polar surface area (TPSA) is 82.1 Å². The third-order valence-corrected chi connectivity index (χ3v) is 6.66. The van der Waals surface area contributed by atoms with Crippen LogP contribution in [0, 0.1) is 0 Å². The Balaban J connectivity index is 1.19. The number of anilines is 1. The van der Waals surface area contributed by atoms with Crippen molar-refractivity contribution in [2.45, 2.75) is 31.8 Å². The normalized spacial score (nSPS) is 15.6. The van der Waals surface area contributed by atoms with Crippen molar-refractivity contribution >= 4 is 17.6 Å². The molecule has 7 nitrogen and oxygen atoms in total. The summed E-state index contributed by atoms with van der Waals surface area (Å²) in [6, 6.07) is 25.2. The van der Waals surface area contributed by atoms with Crippen LogP contribution >= 0.6 is 0 Å². The molecule has 1 aliphatic rings. The van der Waals surface area contributed by atoms with Crippen LogP contribution in [0.1, 0.15) is 34.3 Å². The van der Waals surface area contributed by atoms with E-state index >= 15 is 0 Å². The number of likely N-dealkylation sites (tertiary alicyclic amines) is 1. The predicted octanol–water partition coefficient (Wildman–Crippen LogP) is 4.54. The molecule has 0 spiro atoms. The molecule has 1 saturated heterocycles. The van der Waals surface area contributed by atoms with Gasteiger partial charge in [0.1, 0.15) is 5.75 Å². The Morgan fingerprint density at radius 3 is 2.43 bits per heavy atom. The second-order valence-corrected chi connectivity index (χ2v) is 9.62. The van der Waals surface area contributed by atoms with Gasteiger partial charge in [0.25, 0.3) is 0 Å². The summed E-state index contributed by atoms with van der Waals surface area (Å²) in [6.45, 7) is 3.50. The van der Waals surface area contributed by atoms with Crippen LogP contribution in [0.2, 0.25) is 0 Å². The summed E-state index contributed by atoms with van der Waals surface area (Å²) < 4.78 is 5.83. The van der Waals surface area contributed by atoms with Crippen molar-refractivity contribution < 1.29 is 19.4 Å². The molecule has 1 heterocycles. The van der Waals surface area contributed by atoms with E-state index in [4.69, 9.17) is 9.84 Å². The van der Waals surface area contributed by atoms with Gasteiger partial charge in [0.05, 0.1) is 18.7 Å². The molecule has 0 aliphatic carbocycles. The van der Waals surface area contributed by atoms with Crippen LogP contribution in [0.5, 0.6) is 5.75 Å². The Kier molecular flexibility index (Phi) is 9.29. The maximum absolute atomic E-state index is 12.6. The maximum Gasteiger partial charge on any atom is 0.335 e. The van der Waals surface area contributed by atoms with Crippen LogP contribution in [-0.4, -0.2) is 66.1 Å². The zero-order valence-electron chi connectivity index (χ0n) is 21.3. The van der Waals surface area contributed by atoms with E-state index in [-0.39, 0.29) is 5.91 Å². The minimum atomic E-state index is -0.909. The lowest BCUT2D eigenvalue weighted by molar-refractivity contribution is -0.117. The highest BCUT2D eigenvalue weighted by molar-refractivity contribution is 5.92. The fourth-order valence-corrected chi connectivity index (χ4v) is 4.73. The number of rotatable bonds is 12. The number of aromatic carboxylic acids is 1. The van der Waals surface area contributed by atoms with Gasteiger partial charge in [-0.15, -0.1) is 0 Å². The number of carboxylic acid groups (broad SMARTS) is 1. The van der Waals surface area contributed by atoms with Crippen molar-refractivity contribution in [3.8, 4) is 5.75 Å². The Morgan fingerprint density at radius 1 is 1.00 bits per heavy atom. The number of likely N-dealkylation sites (N-methyl/N-ethyl adjacent to an activating group) is 1. The summed E-state index contributed by atoms with van der Waals surface area (Å²) >= 11 is 0. The minimum Gasteiger partial charge on any atom is -0.493 e. The second kappa shape index (κ2) is 13.0. The SMILES string of the molecule is CN(CC(=O)Nc1ccc(OCCc2ccccc2)cc1)CC1CCCN1Cc1ccc(C(=O)O)cc1. The molecule has 194 valence electrons. The number of amides is 1. The molecule has 1 amide bonds. The zero-order valence-corrected chi connectivity index (χ0v) is 21.3. The van der Waals surface area contributed by atoms with Crippen molar-refractivity contribution in [1.29, 1.82) is 0 Å². The molecule has 1 atom stereocenters. The number of carbonyl (C=O) groups is 2. The largest absolute Gasteiger partial charge is 0.493 e. The standard InChI is InChI=1S/C30H35N3O4/c1-32(21-27-8-5-18-33(27)20-24-9-11-25(12-10-24)30(35)36)22-29(34)31-26-13-15-28(16-14-26)37-19-17-23-6-3-2-4-7-23/h2-4,6-7,9-16,27H,5,8,17-22H2,1H3,(H,31,34)(H,35,36). The highest BCUT2D eigenvalue weighted by Gasteiger charge is 2.26. The van der Waals surface area contributed by atoms with E-state index in [1.807, 2.05) is 61.6 Å². The van der Waals surface area contributed by atoms with Crippen molar-refractivity contribution in [3.63, 3.8) is 0 Å². The van der Waals surface area contributed by atoms with E-state index in [2.05, 4.69) is 27.2 Å². The number of carboxylic acids is 1. The highest BCUT2D eigenvalue weighted by Crippen LogP contribution is 2.21. The molecule has 0 aromatic heterocycles.